The molecule has 1 aliphatic heterocycles. The van der Waals surface area contributed by atoms with Gasteiger partial charge < -0.3 is 21.1 Å². The van der Waals surface area contributed by atoms with E-state index in [1.165, 1.54) is 6.92 Å². The van der Waals surface area contributed by atoms with Crippen LogP contribution in [0.4, 0.5) is 11.4 Å². The molecule has 1 saturated heterocycles. The highest BCUT2D eigenvalue weighted by Gasteiger charge is 2.33. The number of carboxylic acids is 1. The number of carbonyl (C=O) groups excluding carboxylic acids is 3. The third kappa shape index (κ3) is 4.98. The van der Waals surface area contributed by atoms with Gasteiger partial charge in [0.1, 0.15) is 6.04 Å². The number of aliphatic carboxylic acids is 1. The van der Waals surface area contributed by atoms with E-state index < -0.39 is 23.2 Å². The van der Waals surface area contributed by atoms with Crippen LogP contribution in [0.25, 0.3) is 0 Å². The van der Waals surface area contributed by atoms with Crippen molar-refractivity contribution in [1.29, 1.82) is 0 Å². The summed E-state index contributed by atoms with van der Waals surface area (Å²) < 4.78 is 0. The molecule has 128 valence electrons. The van der Waals surface area contributed by atoms with Gasteiger partial charge in [-0.3, -0.25) is 14.4 Å². The van der Waals surface area contributed by atoms with Crippen LogP contribution in [0.1, 0.15) is 13.3 Å². The van der Waals surface area contributed by atoms with Crippen LogP contribution in [0, 0.1) is 0 Å². The van der Waals surface area contributed by atoms with Gasteiger partial charge in [0.2, 0.25) is 17.7 Å². The molecule has 1 aromatic rings. The monoisotopic (exact) mass is 351 g/mol. The van der Waals surface area contributed by atoms with Gasteiger partial charge in [0.15, 0.2) is 0 Å². The van der Waals surface area contributed by atoms with Gasteiger partial charge in [0.05, 0.1) is 5.25 Å². The number of thioether (sulfide) groups is 1. The van der Waals surface area contributed by atoms with E-state index in [9.17, 15) is 19.2 Å². The highest BCUT2D eigenvalue weighted by Crippen LogP contribution is 2.22. The number of benzene rings is 1. The maximum atomic E-state index is 12.0. The van der Waals surface area contributed by atoms with E-state index >= 15 is 0 Å². The van der Waals surface area contributed by atoms with Gasteiger partial charge in [0, 0.05) is 30.5 Å². The van der Waals surface area contributed by atoms with Crippen molar-refractivity contribution in [2.24, 2.45) is 0 Å². The minimum absolute atomic E-state index is 0.0454. The Labute approximate surface area is 142 Å². The highest BCUT2D eigenvalue weighted by atomic mass is 32.2. The molecule has 0 radical (unpaired) electrons. The van der Waals surface area contributed by atoms with Crippen molar-refractivity contribution >= 4 is 46.8 Å². The van der Waals surface area contributed by atoms with Gasteiger partial charge in [-0.1, -0.05) is 0 Å². The second kappa shape index (κ2) is 7.82. The Kier molecular flexibility index (Phi) is 5.80. The summed E-state index contributed by atoms with van der Waals surface area (Å²) in [6.45, 7) is 1.40. The minimum Gasteiger partial charge on any atom is -0.480 e. The van der Waals surface area contributed by atoms with Gasteiger partial charge in [0.25, 0.3) is 0 Å². The van der Waals surface area contributed by atoms with Gasteiger partial charge in [-0.2, -0.15) is 0 Å². The van der Waals surface area contributed by atoms with E-state index in [-0.39, 0.29) is 24.0 Å². The van der Waals surface area contributed by atoms with Crippen molar-refractivity contribution in [3.05, 3.63) is 24.3 Å². The lowest BCUT2D eigenvalue weighted by atomic mass is 10.2. The first-order valence-electron chi connectivity index (χ1n) is 7.17. The number of nitrogens with one attached hydrogen (secondary N) is 3. The van der Waals surface area contributed by atoms with E-state index in [0.717, 1.165) is 11.8 Å². The Morgan fingerprint density at radius 1 is 1.21 bits per heavy atom. The zero-order valence-electron chi connectivity index (χ0n) is 12.9. The molecule has 0 saturated carbocycles. The Balaban J connectivity index is 1.86. The molecule has 9 heteroatoms. The summed E-state index contributed by atoms with van der Waals surface area (Å²) in [6, 6.07) is 5.66. The fourth-order valence-electron chi connectivity index (χ4n) is 2.10. The molecular formula is C15H17N3O5S. The lowest BCUT2D eigenvalue weighted by Gasteiger charge is -2.25. The van der Waals surface area contributed by atoms with Gasteiger partial charge in [-0.15, -0.1) is 11.8 Å². The number of rotatable bonds is 5. The molecule has 0 aromatic heterocycles. The second-order valence-corrected chi connectivity index (χ2v) is 6.47. The molecule has 8 nitrogen and oxygen atoms in total. The number of hydrogen-bond acceptors (Lipinski definition) is 5. The topological polar surface area (TPSA) is 125 Å². The number of carboxylic acid groups (broad SMARTS) is 1. The minimum atomic E-state index is -1.09. The third-order valence-electron chi connectivity index (χ3n) is 3.23. The Hall–Kier alpha value is -2.55. The van der Waals surface area contributed by atoms with Crippen LogP contribution in [-0.4, -0.2) is 45.8 Å². The predicted octanol–water partition coefficient (Wildman–Crippen LogP) is 0.658. The van der Waals surface area contributed by atoms with Gasteiger partial charge in [-0.05, 0) is 24.3 Å². The standard InChI is InChI=1S/C15H17N3O5S/c1-8(19)16-9-2-4-10(5-3-9)17-13(20)6-12-14(21)18-11(7-24-12)15(22)23/h2-5,11-12H,6-7H2,1H3,(H,16,19)(H,17,20)(H,18,21)(H,22,23). The molecule has 2 atom stereocenters. The highest BCUT2D eigenvalue weighted by molar-refractivity contribution is 8.00. The molecule has 2 unspecified atom stereocenters. The van der Waals surface area contributed by atoms with Crippen LogP contribution in [0.3, 0.4) is 0 Å². The van der Waals surface area contributed by atoms with E-state index in [1.54, 1.807) is 24.3 Å². The first kappa shape index (κ1) is 17.8. The van der Waals surface area contributed by atoms with Crippen LogP contribution in [-0.2, 0) is 19.2 Å². The van der Waals surface area contributed by atoms with Crippen molar-refractivity contribution in [3.63, 3.8) is 0 Å². The first-order valence-corrected chi connectivity index (χ1v) is 8.22. The SMILES string of the molecule is CC(=O)Nc1ccc(NC(=O)CC2SCC(C(=O)O)NC2=O)cc1. The molecule has 4 N–H and O–H groups in total. The number of anilines is 2. The molecule has 0 bridgehead atoms. The quantitative estimate of drug-likeness (QED) is 0.618. The first-order chi connectivity index (χ1) is 11.3. The maximum Gasteiger partial charge on any atom is 0.327 e. The lowest BCUT2D eigenvalue weighted by molar-refractivity contribution is -0.141. The van der Waals surface area contributed by atoms with Crippen LogP contribution in [0.15, 0.2) is 24.3 Å². The van der Waals surface area contributed by atoms with E-state index in [0.29, 0.717) is 11.4 Å². The zero-order valence-corrected chi connectivity index (χ0v) is 13.7. The molecule has 0 spiro atoms. The van der Waals surface area contributed by atoms with Crippen LogP contribution >= 0.6 is 11.8 Å². The molecule has 24 heavy (non-hydrogen) atoms. The average Bonchev–Trinajstić information content (AvgIpc) is 2.50. The second-order valence-electron chi connectivity index (χ2n) is 5.23. The van der Waals surface area contributed by atoms with Crippen molar-refractivity contribution in [2.75, 3.05) is 16.4 Å². The number of carbonyl (C=O) groups is 4. The molecule has 1 aliphatic rings. The Bertz CT molecular complexity index is 662. The third-order valence-corrected chi connectivity index (χ3v) is 4.54. The van der Waals surface area contributed by atoms with Crippen LogP contribution in [0.2, 0.25) is 0 Å². The summed E-state index contributed by atoms with van der Waals surface area (Å²) in [6.07, 6.45) is -0.0454. The Morgan fingerprint density at radius 3 is 2.29 bits per heavy atom. The summed E-state index contributed by atoms with van der Waals surface area (Å²) >= 11 is 1.15. The van der Waals surface area contributed by atoms with Gasteiger partial charge in [-0.25, -0.2) is 4.79 Å². The molecular weight excluding hydrogens is 334 g/mol. The van der Waals surface area contributed by atoms with Crippen molar-refractivity contribution in [3.8, 4) is 0 Å². The summed E-state index contributed by atoms with van der Waals surface area (Å²) in [5.41, 5.74) is 1.15. The molecule has 3 amide bonds. The summed E-state index contributed by atoms with van der Waals surface area (Å²) in [7, 11) is 0. The number of hydrogen-bond donors (Lipinski definition) is 4. The fourth-order valence-corrected chi connectivity index (χ4v) is 3.24. The maximum absolute atomic E-state index is 12.0. The molecule has 2 rings (SSSR count). The normalized spacial score (nSPS) is 20.0. The number of amides is 3. The molecule has 1 aromatic carbocycles. The molecule has 1 fully saturated rings. The molecule has 1 heterocycles. The average molecular weight is 351 g/mol. The summed E-state index contributed by atoms with van der Waals surface area (Å²) in [4.78, 5) is 45.6. The zero-order chi connectivity index (χ0) is 17.7. The van der Waals surface area contributed by atoms with Gasteiger partial charge >= 0.3 is 5.97 Å². The Morgan fingerprint density at radius 2 is 1.79 bits per heavy atom. The van der Waals surface area contributed by atoms with E-state index in [1.807, 2.05) is 0 Å². The van der Waals surface area contributed by atoms with Crippen LogP contribution < -0.4 is 16.0 Å². The van der Waals surface area contributed by atoms with Crippen molar-refractivity contribution < 1.29 is 24.3 Å². The summed E-state index contributed by atoms with van der Waals surface area (Å²) in [5.74, 6) is -1.84. The summed E-state index contributed by atoms with van der Waals surface area (Å²) in [5, 5.41) is 15.9. The predicted molar refractivity (Wildman–Crippen MR) is 89.8 cm³/mol. The largest absolute Gasteiger partial charge is 0.480 e. The lowest BCUT2D eigenvalue weighted by Crippen LogP contribution is -2.51. The van der Waals surface area contributed by atoms with Crippen LogP contribution in [0.5, 0.6) is 0 Å². The molecule has 0 aliphatic carbocycles. The fraction of sp³-hybridized carbons (Fsp3) is 0.333. The van der Waals surface area contributed by atoms with Crippen molar-refractivity contribution in [2.45, 2.75) is 24.6 Å². The smallest absolute Gasteiger partial charge is 0.327 e. The van der Waals surface area contributed by atoms with E-state index in [4.69, 9.17) is 5.11 Å². The van der Waals surface area contributed by atoms with E-state index in [2.05, 4.69) is 16.0 Å². The van der Waals surface area contributed by atoms with Crippen molar-refractivity contribution in [1.82, 2.24) is 5.32 Å².